The number of hydrogen-bond acceptors (Lipinski definition) is 4. The van der Waals surface area contributed by atoms with Gasteiger partial charge in [0.05, 0.1) is 18.8 Å². The van der Waals surface area contributed by atoms with Crippen LogP contribution < -0.4 is 5.32 Å². The lowest BCUT2D eigenvalue weighted by Crippen LogP contribution is -2.47. The predicted octanol–water partition coefficient (Wildman–Crippen LogP) is 1.26. The van der Waals surface area contributed by atoms with Crippen LogP contribution in [0.2, 0.25) is 0 Å². The van der Waals surface area contributed by atoms with E-state index in [2.05, 4.69) is 11.9 Å². The SMILES string of the molecule is C=CCNC(C(=O)OCC)C1CCC(C)O1. The van der Waals surface area contributed by atoms with Crippen LogP contribution in [0.3, 0.4) is 0 Å². The van der Waals surface area contributed by atoms with Crippen LogP contribution in [0, 0.1) is 0 Å². The minimum absolute atomic E-state index is 0.0750. The molecule has 1 heterocycles. The zero-order chi connectivity index (χ0) is 12.0. The van der Waals surface area contributed by atoms with Crippen molar-refractivity contribution in [2.75, 3.05) is 13.2 Å². The van der Waals surface area contributed by atoms with Gasteiger partial charge in [0, 0.05) is 6.54 Å². The first-order valence-corrected chi connectivity index (χ1v) is 5.85. The lowest BCUT2D eigenvalue weighted by atomic mass is 10.1. The molecule has 0 radical (unpaired) electrons. The number of hydrogen-bond donors (Lipinski definition) is 1. The Kier molecular flexibility index (Phi) is 5.49. The van der Waals surface area contributed by atoms with Gasteiger partial charge in [-0.2, -0.15) is 0 Å². The molecule has 0 saturated carbocycles. The number of esters is 1. The van der Waals surface area contributed by atoms with Crippen molar-refractivity contribution >= 4 is 5.97 Å². The predicted molar refractivity (Wildman–Crippen MR) is 62.2 cm³/mol. The van der Waals surface area contributed by atoms with Gasteiger partial charge >= 0.3 is 5.97 Å². The fourth-order valence-electron chi connectivity index (χ4n) is 1.89. The van der Waals surface area contributed by atoms with E-state index in [-0.39, 0.29) is 24.2 Å². The van der Waals surface area contributed by atoms with E-state index in [1.54, 1.807) is 13.0 Å². The van der Waals surface area contributed by atoms with Crippen LogP contribution in [-0.2, 0) is 14.3 Å². The lowest BCUT2D eigenvalue weighted by Gasteiger charge is -2.22. The lowest BCUT2D eigenvalue weighted by molar-refractivity contribution is -0.149. The zero-order valence-corrected chi connectivity index (χ0v) is 10.1. The molecular formula is C12H21NO3. The van der Waals surface area contributed by atoms with Crippen molar-refractivity contribution in [2.24, 2.45) is 0 Å². The second kappa shape index (κ2) is 6.66. The van der Waals surface area contributed by atoms with Crippen LogP contribution in [0.1, 0.15) is 26.7 Å². The van der Waals surface area contributed by atoms with Crippen LogP contribution in [0.15, 0.2) is 12.7 Å². The van der Waals surface area contributed by atoms with Crippen molar-refractivity contribution in [1.29, 1.82) is 0 Å². The van der Waals surface area contributed by atoms with Gasteiger partial charge in [0.25, 0.3) is 0 Å². The van der Waals surface area contributed by atoms with Gasteiger partial charge in [0.15, 0.2) is 0 Å². The van der Waals surface area contributed by atoms with E-state index in [0.717, 1.165) is 12.8 Å². The second-order valence-electron chi connectivity index (χ2n) is 3.99. The smallest absolute Gasteiger partial charge is 0.325 e. The topological polar surface area (TPSA) is 47.6 Å². The fraction of sp³-hybridized carbons (Fsp3) is 0.750. The average Bonchev–Trinajstić information content (AvgIpc) is 2.66. The maximum Gasteiger partial charge on any atom is 0.325 e. The zero-order valence-electron chi connectivity index (χ0n) is 10.1. The van der Waals surface area contributed by atoms with E-state index < -0.39 is 0 Å². The van der Waals surface area contributed by atoms with E-state index in [0.29, 0.717) is 13.2 Å². The summed E-state index contributed by atoms with van der Waals surface area (Å²) in [5, 5.41) is 3.10. The standard InChI is InChI=1S/C12H21NO3/c1-4-8-13-11(12(14)15-5-2)10-7-6-9(3)16-10/h4,9-11,13H,1,5-8H2,2-3H3. The number of carbonyl (C=O) groups is 1. The van der Waals surface area contributed by atoms with Crippen molar-refractivity contribution in [3.63, 3.8) is 0 Å². The van der Waals surface area contributed by atoms with Gasteiger partial charge in [0.1, 0.15) is 6.04 Å². The number of rotatable bonds is 6. The minimum atomic E-state index is -0.372. The molecule has 1 rings (SSSR count). The summed E-state index contributed by atoms with van der Waals surface area (Å²) < 4.78 is 10.7. The molecule has 92 valence electrons. The van der Waals surface area contributed by atoms with Crippen molar-refractivity contribution < 1.29 is 14.3 Å². The molecule has 4 nitrogen and oxygen atoms in total. The van der Waals surface area contributed by atoms with E-state index in [4.69, 9.17) is 9.47 Å². The van der Waals surface area contributed by atoms with Gasteiger partial charge in [-0.25, -0.2) is 0 Å². The Morgan fingerprint density at radius 1 is 1.69 bits per heavy atom. The summed E-state index contributed by atoms with van der Waals surface area (Å²) in [6, 6.07) is -0.372. The molecule has 0 aromatic carbocycles. The molecule has 0 spiro atoms. The molecule has 1 fully saturated rings. The van der Waals surface area contributed by atoms with Crippen LogP contribution in [0.4, 0.5) is 0 Å². The molecule has 3 unspecified atom stereocenters. The van der Waals surface area contributed by atoms with Gasteiger partial charge in [-0.05, 0) is 26.7 Å². The molecule has 3 atom stereocenters. The van der Waals surface area contributed by atoms with Gasteiger partial charge < -0.3 is 9.47 Å². The van der Waals surface area contributed by atoms with E-state index in [1.165, 1.54) is 0 Å². The van der Waals surface area contributed by atoms with Crippen LogP contribution in [-0.4, -0.2) is 37.4 Å². The fourth-order valence-corrected chi connectivity index (χ4v) is 1.89. The quantitative estimate of drug-likeness (QED) is 0.548. The minimum Gasteiger partial charge on any atom is -0.465 e. The number of carbonyl (C=O) groups excluding carboxylic acids is 1. The largest absolute Gasteiger partial charge is 0.465 e. The monoisotopic (exact) mass is 227 g/mol. The van der Waals surface area contributed by atoms with Crippen LogP contribution in [0.25, 0.3) is 0 Å². The van der Waals surface area contributed by atoms with E-state index in [1.807, 2.05) is 6.92 Å². The molecule has 0 amide bonds. The van der Waals surface area contributed by atoms with Crippen molar-refractivity contribution in [2.45, 2.75) is 44.9 Å². The maximum atomic E-state index is 11.7. The molecule has 1 aliphatic heterocycles. The second-order valence-corrected chi connectivity index (χ2v) is 3.99. The molecule has 1 saturated heterocycles. The van der Waals surface area contributed by atoms with Gasteiger partial charge in [-0.15, -0.1) is 6.58 Å². The molecule has 1 N–H and O–H groups in total. The highest BCUT2D eigenvalue weighted by Gasteiger charge is 2.34. The molecule has 4 heteroatoms. The highest BCUT2D eigenvalue weighted by Crippen LogP contribution is 2.22. The molecular weight excluding hydrogens is 206 g/mol. The summed E-state index contributed by atoms with van der Waals surface area (Å²) >= 11 is 0. The van der Waals surface area contributed by atoms with Crippen LogP contribution in [0.5, 0.6) is 0 Å². The van der Waals surface area contributed by atoms with E-state index in [9.17, 15) is 4.79 Å². The summed E-state index contributed by atoms with van der Waals surface area (Å²) in [6.45, 7) is 8.43. The first kappa shape index (κ1) is 13.2. The maximum absolute atomic E-state index is 11.7. The Balaban J connectivity index is 2.55. The molecule has 1 aliphatic rings. The van der Waals surface area contributed by atoms with Crippen molar-refractivity contribution in [1.82, 2.24) is 5.32 Å². The average molecular weight is 227 g/mol. The first-order valence-electron chi connectivity index (χ1n) is 5.85. The normalized spacial score (nSPS) is 26.4. The Morgan fingerprint density at radius 3 is 2.94 bits per heavy atom. The van der Waals surface area contributed by atoms with Crippen molar-refractivity contribution in [3.05, 3.63) is 12.7 Å². The number of nitrogens with one attached hydrogen (secondary N) is 1. The Bertz CT molecular complexity index is 242. The summed E-state index contributed by atoms with van der Waals surface area (Å²) in [7, 11) is 0. The number of ether oxygens (including phenoxy) is 2. The Morgan fingerprint density at radius 2 is 2.44 bits per heavy atom. The van der Waals surface area contributed by atoms with Crippen LogP contribution >= 0.6 is 0 Å². The molecule has 0 aromatic rings. The van der Waals surface area contributed by atoms with E-state index >= 15 is 0 Å². The highest BCUT2D eigenvalue weighted by molar-refractivity contribution is 5.76. The van der Waals surface area contributed by atoms with Gasteiger partial charge in [0.2, 0.25) is 0 Å². The third-order valence-electron chi connectivity index (χ3n) is 2.66. The third kappa shape index (κ3) is 3.61. The highest BCUT2D eigenvalue weighted by atomic mass is 16.5. The third-order valence-corrected chi connectivity index (χ3v) is 2.66. The summed E-state index contributed by atoms with van der Waals surface area (Å²) in [5.41, 5.74) is 0. The van der Waals surface area contributed by atoms with Gasteiger partial charge in [-0.3, -0.25) is 10.1 Å². The molecule has 16 heavy (non-hydrogen) atoms. The Labute approximate surface area is 97.0 Å². The summed E-state index contributed by atoms with van der Waals surface area (Å²) in [5.74, 6) is -0.233. The summed E-state index contributed by atoms with van der Waals surface area (Å²) in [6.07, 6.45) is 3.77. The molecule has 0 bridgehead atoms. The molecule has 0 aromatic heterocycles. The Hall–Kier alpha value is -0.870. The summed E-state index contributed by atoms with van der Waals surface area (Å²) in [4.78, 5) is 11.7. The first-order chi connectivity index (χ1) is 7.69. The van der Waals surface area contributed by atoms with Crippen molar-refractivity contribution in [3.8, 4) is 0 Å². The van der Waals surface area contributed by atoms with Gasteiger partial charge in [-0.1, -0.05) is 6.08 Å². The molecule has 0 aliphatic carbocycles.